The van der Waals surface area contributed by atoms with E-state index in [-0.39, 0.29) is 11.3 Å². The number of carbonyl (C=O) groups is 1. The van der Waals surface area contributed by atoms with Gasteiger partial charge in [0.2, 0.25) is 0 Å². The van der Waals surface area contributed by atoms with Crippen molar-refractivity contribution in [2.45, 2.75) is 18.2 Å². The van der Waals surface area contributed by atoms with E-state index < -0.39 is 0 Å². The first kappa shape index (κ1) is 13.0. The van der Waals surface area contributed by atoms with Gasteiger partial charge in [-0.05, 0) is 31.0 Å². The number of halogens is 3. The molecule has 1 amide bonds. The van der Waals surface area contributed by atoms with Crippen molar-refractivity contribution in [2.24, 2.45) is 0 Å². The van der Waals surface area contributed by atoms with E-state index >= 15 is 0 Å². The van der Waals surface area contributed by atoms with Gasteiger partial charge in [-0.3, -0.25) is 4.79 Å². The Morgan fingerprint density at radius 1 is 1.24 bits per heavy atom. The molecule has 2 rings (SSSR count). The van der Waals surface area contributed by atoms with E-state index in [4.69, 9.17) is 34.8 Å². The molecule has 1 heterocycles. The van der Waals surface area contributed by atoms with Crippen LogP contribution in [0.3, 0.4) is 0 Å². The van der Waals surface area contributed by atoms with E-state index in [2.05, 4.69) is 0 Å². The third kappa shape index (κ3) is 3.06. The van der Waals surface area contributed by atoms with E-state index in [1.54, 1.807) is 23.1 Å². The summed E-state index contributed by atoms with van der Waals surface area (Å²) in [6, 6.07) is 4.93. The number of hydrogen-bond acceptors (Lipinski definition) is 1. The van der Waals surface area contributed by atoms with Crippen LogP contribution in [-0.2, 0) is 0 Å². The first-order chi connectivity index (χ1) is 8.08. The lowest BCUT2D eigenvalue weighted by molar-refractivity contribution is 0.0726. The molecule has 1 aromatic carbocycles. The highest BCUT2D eigenvalue weighted by Crippen LogP contribution is 2.24. The standard InChI is InChI=1S/C12H12Cl3NO/c13-8-3-5-16(6-4-8)12(17)10-2-1-9(14)7-11(10)15/h1-2,7-8H,3-6H2. The molecule has 17 heavy (non-hydrogen) atoms. The van der Waals surface area contributed by atoms with Crippen LogP contribution in [0.2, 0.25) is 10.0 Å². The third-order valence-corrected chi connectivity index (χ3v) is 3.86. The number of likely N-dealkylation sites (tertiary alicyclic amines) is 1. The second-order valence-electron chi connectivity index (χ2n) is 4.09. The lowest BCUT2D eigenvalue weighted by atomic mass is 10.1. The zero-order chi connectivity index (χ0) is 12.4. The molecule has 0 spiro atoms. The highest BCUT2D eigenvalue weighted by atomic mass is 35.5. The van der Waals surface area contributed by atoms with Gasteiger partial charge in [-0.1, -0.05) is 23.2 Å². The van der Waals surface area contributed by atoms with E-state index in [9.17, 15) is 4.79 Å². The summed E-state index contributed by atoms with van der Waals surface area (Å²) in [5, 5.41) is 1.11. The lowest BCUT2D eigenvalue weighted by Gasteiger charge is -2.29. The molecule has 0 saturated carbocycles. The van der Waals surface area contributed by atoms with Gasteiger partial charge in [0, 0.05) is 23.5 Å². The first-order valence-electron chi connectivity index (χ1n) is 5.46. The van der Waals surface area contributed by atoms with Crippen molar-refractivity contribution in [1.82, 2.24) is 4.90 Å². The van der Waals surface area contributed by atoms with Crippen LogP contribution in [0.4, 0.5) is 0 Å². The second kappa shape index (κ2) is 5.47. The third-order valence-electron chi connectivity index (χ3n) is 2.87. The monoisotopic (exact) mass is 291 g/mol. The normalized spacial score (nSPS) is 17.2. The number of hydrogen-bond donors (Lipinski definition) is 0. The van der Waals surface area contributed by atoms with Gasteiger partial charge in [-0.15, -0.1) is 11.6 Å². The van der Waals surface area contributed by atoms with Crippen LogP contribution in [0, 0.1) is 0 Å². The summed E-state index contributed by atoms with van der Waals surface area (Å²) in [6.45, 7) is 1.37. The fourth-order valence-corrected chi connectivity index (χ4v) is 2.57. The van der Waals surface area contributed by atoms with Crippen LogP contribution in [0.25, 0.3) is 0 Å². The number of piperidine rings is 1. The molecule has 1 aromatic rings. The fraction of sp³-hybridized carbons (Fsp3) is 0.417. The maximum atomic E-state index is 12.2. The van der Waals surface area contributed by atoms with Crippen LogP contribution in [0.15, 0.2) is 18.2 Å². The van der Waals surface area contributed by atoms with Crippen LogP contribution in [0.5, 0.6) is 0 Å². The van der Waals surface area contributed by atoms with Gasteiger partial charge in [0.1, 0.15) is 0 Å². The predicted octanol–water partition coefficient (Wildman–Crippen LogP) is 3.84. The summed E-state index contributed by atoms with van der Waals surface area (Å²) in [6.07, 6.45) is 1.66. The molecular weight excluding hydrogens is 280 g/mol. The molecule has 5 heteroatoms. The molecule has 1 aliphatic rings. The zero-order valence-electron chi connectivity index (χ0n) is 9.13. The summed E-state index contributed by atoms with van der Waals surface area (Å²) in [5.41, 5.74) is 0.504. The Balaban J connectivity index is 2.14. The summed E-state index contributed by atoms with van der Waals surface area (Å²) in [7, 11) is 0. The lowest BCUT2D eigenvalue weighted by Crippen LogP contribution is -2.38. The highest BCUT2D eigenvalue weighted by molar-refractivity contribution is 6.36. The molecule has 0 atom stereocenters. The van der Waals surface area contributed by atoms with Crippen molar-refractivity contribution in [1.29, 1.82) is 0 Å². The molecule has 2 nitrogen and oxygen atoms in total. The molecule has 0 N–H and O–H groups in total. The topological polar surface area (TPSA) is 20.3 Å². The van der Waals surface area contributed by atoms with Gasteiger partial charge in [-0.25, -0.2) is 0 Å². The van der Waals surface area contributed by atoms with Crippen molar-refractivity contribution in [2.75, 3.05) is 13.1 Å². The number of nitrogens with zero attached hydrogens (tertiary/aromatic N) is 1. The number of benzene rings is 1. The van der Waals surface area contributed by atoms with Crippen LogP contribution in [0.1, 0.15) is 23.2 Å². The van der Waals surface area contributed by atoms with Gasteiger partial charge >= 0.3 is 0 Å². The Labute approximate surface area is 115 Å². The highest BCUT2D eigenvalue weighted by Gasteiger charge is 2.23. The van der Waals surface area contributed by atoms with Crippen molar-refractivity contribution in [3.05, 3.63) is 33.8 Å². The Bertz CT molecular complexity index is 428. The molecule has 1 fully saturated rings. The Hall–Kier alpha value is -0.440. The summed E-state index contributed by atoms with van der Waals surface area (Å²) in [4.78, 5) is 14.0. The van der Waals surface area contributed by atoms with Crippen molar-refractivity contribution >= 4 is 40.7 Å². The van der Waals surface area contributed by atoms with Crippen molar-refractivity contribution in [3.63, 3.8) is 0 Å². The van der Waals surface area contributed by atoms with Crippen molar-refractivity contribution < 1.29 is 4.79 Å². The molecular formula is C12H12Cl3NO. The number of amides is 1. The molecule has 0 unspecified atom stereocenters. The Kier molecular flexibility index (Phi) is 4.18. The van der Waals surface area contributed by atoms with Gasteiger partial charge in [0.05, 0.1) is 10.6 Å². The Morgan fingerprint density at radius 3 is 2.47 bits per heavy atom. The summed E-state index contributed by atoms with van der Waals surface area (Å²) < 4.78 is 0. The molecule has 1 saturated heterocycles. The first-order valence-corrected chi connectivity index (χ1v) is 6.65. The number of alkyl halides is 1. The average Bonchev–Trinajstić information content (AvgIpc) is 2.29. The quantitative estimate of drug-likeness (QED) is 0.720. The molecule has 0 bridgehead atoms. The van der Waals surface area contributed by atoms with E-state index in [0.29, 0.717) is 28.7 Å². The van der Waals surface area contributed by atoms with E-state index in [0.717, 1.165) is 12.8 Å². The van der Waals surface area contributed by atoms with Crippen LogP contribution < -0.4 is 0 Å². The maximum absolute atomic E-state index is 12.2. The molecule has 0 aliphatic carbocycles. The number of carbonyl (C=O) groups excluding carboxylic acids is 1. The van der Waals surface area contributed by atoms with Gasteiger partial charge in [-0.2, -0.15) is 0 Å². The van der Waals surface area contributed by atoms with Gasteiger partial charge < -0.3 is 4.90 Å². The fourth-order valence-electron chi connectivity index (χ4n) is 1.88. The predicted molar refractivity (Wildman–Crippen MR) is 71.2 cm³/mol. The molecule has 1 aliphatic heterocycles. The summed E-state index contributed by atoms with van der Waals surface area (Å²) >= 11 is 17.8. The average molecular weight is 293 g/mol. The maximum Gasteiger partial charge on any atom is 0.255 e. The summed E-state index contributed by atoms with van der Waals surface area (Å²) in [5.74, 6) is -0.0461. The molecule has 0 radical (unpaired) electrons. The SMILES string of the molecule is O=C(c1ccc(Cl)cc1Cl)N1CCC(Cl)CC1. The largest absolute Gasteiger partial charge is 0.338 e. The molecule has 0 aromatic heterocycles. The minimum Gasteiger partial charge on any atom is -0.338 e. The minimum absolute atomic E-state index is 0.0461. The van der Waals surface area contributed by atoms with E-state index in [1.807, 2.05) is 0 Å². The van der Waals surface area contributed by atoms with Gasteiger partial charge in [0.25, 0.3) is 5.91 Å². The smallest absolute Gasteiger partial charge is 0.255 e. The van der Waals surface area contributed by atoms with E-state index in [1.165, 1.54) is 0 Å². The van der Waals surface area contributed by atoms with Crippen molar-refractivity contribution in [3.8, 4) is 0 Å². The Morgan fingerprint density at radius 2 is 1.88 bits per heavy atom. The number of rotatable bonds is 1. The van der Waals surface area contributed by atoms with Crippen LogP contribution >= 0.6 is 34.8 Å². The second-order valence-corrected chi connectivity index (χ2v) is 5.55. The van der Waals surface area contributed by atoms with Crippen LogP contribution in [-0.4, -0.2) is 29.3 Å². The minimum atomic E-state index is -0.0461. The zero-order valence-corrected chi connectivity index (χ0v) is 11.4. The molecule has 92 valence electrons. The van der Waals surface area contributed by atoms with Gasteiger partial charge in [0.15, 0.2) is 0 Å².